The SMILES string of the molecule is C=C/C=C(\C=C/C)c1c(C/C(=N/C(=C)c2ccc(C)c(/C=C\C)c2)OC)nnn1C1=C(F)C=CC=CC1. The Bertz CT molecular complexity index is 1380. The van der Waals surface area contributed by atoms with Crippen LogP contribution < -0.4 is 0 Å². The average Bonchev–Trinajstić information content (AvgIpc) is 3.17. The Balaban J connectivity index is 2.07. The summed E-state index contributed by atoms with van der Waals surface area (Å²) in [6, 6.07) is 6.08. The Labute approximate surface area is 218 Å². The highest BCUT2D eigenvalue weighted by Crippen LogP contribution is 2.28. The van der Waals surface area contributed by atoms with Gasteiger partial charge >= 0.3 is 0 Å². The summed E-state index contributed by atoms with van der Waals surface area (Å²) in [4.78, 5) is 4.67. The highest BCUT2D eigenvalue weighted by atomic mass is 19.1. The molecule has 5 nitrogen and oxygen atoms in total. The molecule has 3 rings (SSSR count). The van der Waals surface area contributed by atoms with Crippen LogP contribution in [0.2, 0.25) is 0 Å². The van der Waals surface area contributed by atoms with Crippen molar-refractivity contribution in [1.82, 2.24) is 15.0 Å². The van der Waals surface area contributed by atoms with Crippen LogP contribution in [0.4, 0.5) is 4.39 Å². The molecule has 0 unspecified atom stereocenters. The number of aryl methyl sites for hydroxylation is 1. The molecular formula is C31H33FN4O. The van der Waals surface area contributed by atoms with Crippen molar-refractivity contribution in [2.24, 2.45) is 4.99 Å². The van der Waals surface area contributed by atoms with E-state index in [1.807, 2.05) is 62.4 Å². The van der Waals surface area contributed by atoms with Crippen molar-refractivity contribution in [2.75, 3.05) is 7.11 Å². The van der Waals surface area contributed by atoms with Crippen LogP contribution in [-0.2, 0) is 11.2 Å². The standard InChI is InChI=1S/C31H33FN4O/c1-7-13-24(14-8-2)31-28(34-35-36(31)29-17-12-10-11-16-27(29)32)21-30(37-6)33-23(5)26-19-18-22(4)25(20-26)15-9-3/h7-16,18-20H,1,5,17,21H2,2-4,6H3/b14-8-,15-9-,24-13+,33-30-. The Morgan fingerprint density at radius 2 is 2.05 bits per heavy atom. The molecular weight excluding hydrogens is 463 g/mol. The molecule has 0 amide bonds. The normalized spacial score (nSPS) is 14.6. The number of benzene rings is 1. The molecule has 1 aliphatic carbocycles. The van der Waals surface area contributed by atoms with E-state index >= 15 is 0 Å². The van der Waals surface area contributed by atoms with E-state index in [0.29, 0.717) is 35.1 Å². The zero-order chi connectivity index (χ0) is 26.8. The minimum absolute atomic E-state index is 0.241. The van der Waals surface area contributed by atoms with Crippen LogP contribution >= 0.6 is 0 Å². The van der Waals surface area contributed by atoms with Gasteiger partial charge in [0.1, 0.15) is 11.5 Å². The number of allylic oxidation sites excluding steroid dienone is 12. The van der Waals surface area contributed by atoms with E-state index < -0.39 is 0 Å². The second-order valence-electron chi connectivity index (χ2n) is 8.34. The second-order valence-corrected chi connectivity index (χ2v) is 8.34. The highest BCUT2D eigenvalue weighted by Gasteiger charge is 2.22. The Hall–Kier alpha value is -4.32. The third-order valence-corrected chi connectivity index (χ3v) is 5.76. The summed E-state index contributed by atoms with van der Waals surface area (Å²) in [7, 11) is 1.56. The van der Waals surface area contributed by atoms with Crippen molar-refractivity contribution in [3.05, 3.63) is 120 Å². The first kappa shape index (κ1) is 27.3. The average molecular weight is 497 g/mol. The summed E-state index contributed by atoms with van der Waals surface area (Å²) in [5, 5.41) is 8.75. The smallest absolute Gasteiger partial charge is 0.194 e. The van der Waals surface area contributed by atoms with E-state index in [1.54, 1.807) is 23.9 Å². The molecule has 1 aromatic heterocycles. The van der Waals surface area contributed by atoms with E-state index in [2.05, 4.69) is 47.5 Å². The Morgan fingerprint density at radius 1 is 1.24 bits per heavy atom. The van der Waals surface area contributed by atoms with Gasteiger partial charge in [0.2, 0.25) is 0 Å². The quantitative estimate of drug-likeness (QED) is 0.203. The number of hydrogen-bond donors (Lipinski definition) is 0. The van der Waals surface area contributed by atoms with E-state index in [-0.39, 0.29) is 12.2 Å². The monoisotopic (exact) mass is 496 g/mol. The van der Waals surface area contributed by atoms with Gasteiger partial charge in [-0.2, -0.15) is 0 Å². The van der Waals surface area contributed by atoms with Crippen LogP contribution in [0.1, 0.15) is 48.3 Å². The van der Waals surface area contributed by atoms with Gasteiger partial charge in [-0.25, -0.2) is 14.1 Å². The van der Waals surface area contributed by atoms with Crippen molar-refractivity contribution in [1.29, 1.82) is 0 Å². The zero-order valence-electron chi connectivity index (χ0n) is 21.9. The van der Waals surface area contributed by atoms with Gasteiger partial charge in [0.05, 0.1) is 30.6 Å². The molecule has 1 aromatic carbocycles. The number of ether oxygens (including phenoxy) is 1. The van der Waals surface area contributed by atoms with Gasteiger partial charge in [-0.3, -0.25) is 0 Å². The number of hydrogen-bond acceptors (Lipinski definition) is 4. The number of nitrogens with zero attached hydrogens (tertiary/aromatic N) is 4. The predicted octanol–water partition coefficient (Wildman–Crippen LogP) is 7.68. The van der Waals surface area contributed by atoms with Crippen molar-refractivity contribution < 1.29 is 9.13 Å². The lowest BCUT2D eigenvalue weighted by atomic mass is 10.0. The summed E-state index contributed by atoms with van der Waals surface area (Å²) in [5.74, 6) is 0.0476. The lowest BCUT2D eigenvalue weighted by molar-refractivity contribution is 0.394. The van der Waals surface area contributed by atoms with Crippen LogP contribution in [0, 0.1) is 6.92 Å². The van der Waals surface area contributed by atoms with Crippen LogP contribution in [0.15, 0.2) is 96.9 Å². The van der Waals surface area contributed by atoms with E-state index in [0.717, 1.165) is 16.7 Å². The van der Waals surface area contributed by atoms with Gasteiger partial charge in [0.25, 0.3) is 0 Å². The molecule has 2 aromatic rings. The van der Waals surface area contributed by atoms with E-state index in [1.165, 1.54) is 11.6 Å². The molecule has 0 N–H and O–H groups in total. The fourth-order valence-corrected chi connectivity index (χ4v) is 3.90. The molecule has 1 heterocycles. The molecule has 37 heavy (non-hydrogen) atoms. The second kappa shape index (κ2) is 13.1. The maximum Gasteiger partial charge on any atom is 0.194 e. The fraction of sp³-hybridized carbons (Fsp3) is 0.194. The summed E-state index contributed by atoms with van der Waals surface area (Å²) in [6.07, 6.45) is 18.8. The Kier molecular flexibility index (Phi) is 9.67. The maximum atomic E-state index is 15.0. The first-order valence-corrected chi connectivity index (χ1v) is 12.1. The highest BCUT2D eigenvalue weighted by molar-refractivity contribution is 5.87. The molecule has 0 bridgehead atoms. The lowest BCUT2D eigenvalue weighted by Crippen LogP contribution is -2.10. The van der Waals surface area contributed by atoms with E-state index in [9.17, 15) is 4.39 Å². The van der Waals surface area contributed by atoms with Crippen LogP contribution in [0.3, 0.4) is 0 Å². The maximum absolute atomic E-state index is 15.0. The third kappa shape index (κ3) is 6.67. The molecule has 6 heteroatoms. The van der Waals surface area contributed by atoms with Gasteiger partial charge < -0.3 is 4.74 Å². The Morgan fingerprint density at radius 3 is 2.76 bits per heavy atom. The minimum atomic E-state index is -0.369. The van der Waals surface area contributed by atoms with Gasteiger partial charge in [0, 0.05) is 17.6 Å². The number of aromatic nitrogens is 3. The summed E-state index contributed by atoms with van der Waals surface area (Å²) < 4.78 is 22.1. The minimum Gasteiger partial charge on any atom is -0.484 e. The van der Waals surface area contributed by atoms with Crippen molar-refractivity contribution in [2.45, 2.75) is 33.6 Å². The topological polar surface area (TPSA) is 52.3 Å². The first-order chi connectivity index (χ1) is 17.9. The van der Waals surface area contributed by atoms with Crippen LogP contribution in [0.5, 0.6) is 0 Å². The molecule has 190 valence electrons. The van der Waals surface area contributed by atoms with Crippen molar-refractivity contribution in [3.63, 3.8) is 0 Å². The molecule has 0 saturated carbocycles. The third-order valence-electron chi connectivity index (χ3n) is 5.76. The summed E-state index contributed by atoms with van der Waals surface area (Å²) >= 11 is 0. The molecule has 1 aliphatic rings. The van der Waals surface area contributed by atoms with Crippen molar-refractivity contribution >= 4 is 28.9 Å². The van der Waals surface area contributed by atoms with Crippen molar-refractivity contribution in [3.8, 4) is 0 Å². The van der Waals surface area contributed by atoms with Crippen LogP contribution in [0.25, 0.3) is 23.0 Å². The molecule has 0 radical (unpaired) electrons. The number of rotatable bonds is 9. The largest absolute Gasteiger partial charge is 0.484 e. The number of methoxy groups -OCH3 is 1. The van der Waals surface area contributed by atoms with Gasteiger partial charge in [0.15, 0.2) is 5.90 Å². The van der Waals surface area contributed by atoms with E-state index in [4.69, 9.17) is 4.74 Å². The predicted molar refractivity (Wildman–Crippen MR) is 153 cm³/mol. The number of aliphatic imine (C=N–C) groups is 1. The molecule has 0 atom stereocenters. The van der Waals surface area contributed by atoms with Gasteiger partial charge in [-0.05, 0) is 44.0 Å². The van der Waals surface area contributed by atoms with Gasteiger partial charge in [-0.15, -0.1) is 5.10 Å². The molecule has 0 fully saturated rings. The zero-order valence-corrected chi connectivity index (χ0v) is 21.9. The molecule has 0 aliphatic heterocycles. The first-order valence-electron chi connectivity index (χ1n) is 12.1. The fourth-order valence-electron chi connectivity index (χ4n) is 3.90. The van der Waals surface area contributed by atoms with Crippen LogP contribution in [-0.4, -0.2) is 28.0 Å². The molecule has 0 spiro atoms. The summed E-state index contributed by atoms with van der Waals surface area (Å²) in [5.41, 5.74) is 6.16. The van der Waals surface area contributed by atoms with Gasteiger partial charge in [-0.1, -0.05) is 85.2 Å². The summed E-state index contributed by atoms with van der Waals surface area (Å²) in [6.45, 7) is 14.0. The molecule has 0 saturated heterocycles. The lowest BCUT2D eigenvalue weighted by Gasteiger charge is -2.12. The number of halogens is 1.